The van der Waals surface area contributed by atoms with Gasteiger partial charge in [-0.1, -0.05) is 6.92 Å². The molecule has 1 aliphatic heterocycles. The fourth-order valence-corrected chi connectivity index (χ4v) is 2.36. The summed E-state index contributed by atoms with van der Waals surface area (Å²) in [5, 5.41) is 4.14. The van der Waals surface area contributed by atoms with Crippen molar-refractivity contribution < 1.29 is 9.53 Å². The predicted molar refractivity (Wildman–Crippen MR) is 68.2 cm³/mol. The number of pyridine rings is 1. The van der Waals surface area contributed by atoms with Crippen LogP contribution in [0.25, 0.3) is 0 Å². The van der Waals surface area contributed by atoms with Crippen LogP contribution in [-0.4, -0.2) is 28.9 Å². The lowest BCUT2D eigenvalue weighted by atomic mass is 10.2. The van der Waals surface area contributed by atoms with Crippen LogP contribution in [0.15, 0.2) is 23.4 Å². The largest absolute Gasteiger partial charge is 0.461 e. The fourth-order valence-electron chi connectivity index (χ4n) is 1.77. The molecule has 92 valence electrons. The first-order chi connectivity index (χ1) is 8.19. The maximum absolute atomic E-state index is 11.4. The van der Waals surface area contributed by atoms with Gasteiger partial charge in [0.05, 0.1) is 16.9 Å². The van der Waals surface area contributed by atoms with Crippen LogP contribution in [0.1, 0.15) is 20.3 Å². The Balaban J connectivity index is 1.97. The van der Waals surface area contributed by atoms with Gasteiger partial charge >= 0.3 is 5.97 Å². The summed E-state index contributed by atoms with van der Waals surface area (Å²) in [5.74, 6) is 0.830. The highest BCUT2D eigenvalue weighted by Gasteiger charge is 2.31. The van der Waals surface area contributed by atoms with Crippen molar-refractivity contribution in [1.82, 2.24) is 4.98 Å². The lowest BCUT2D eigenvalue weighted by molar-refractivity contribution is -0.141. The van der Waals surface area contributed by atoms with E-state index in [0.29, 0.717) is 6.42 Å². The molecule has 1 aromatic rings. The molecule has 1 saturated heterocycles. The third-order valence-corrected chi connectivity index (χ3v) is 3.36. The summed E-state index contributed by atoms with van der Waals surface area (Å²) >= 11 is 1.70. The van der Waals surface area contributed by atoms with Gasteiger partial charge in [-0.25, -0.2) is 9.78 Å². The second kappa shape index (κ2) is 5.40. The Hall–Kier alpha value is -1.23. The number of ether oxygens (including phenoxy) is 1. The molecule has 1 aliphatic rings. The van der Waals surface area contributed by atoms with E-state index < -0.39 is 0 Å². The van der Waals surface area contributed by atoms with Crippen molar-refractivity contribution >= 4 is 23.4 Å². The molecule has 5 heteroatoms. The molecule has 17 heavy (non-hydrogen) atoms. The molecule has 2 atom stereocenters. The summed E-state index contributed by atoms with van der Waals surface area (Å²) in [5.41, 5.74) is 0.863. The topological polar surface area (TPSA) is 51.2 Å². The van der Waals surface area contributed by atoms with Gasteiger partial charge < -0.3 is 10.1 Å². The molecule has 4 nitrogen and oxygen atoms in total. The summed E-state index contributed by atoms with van der Waals surface area (Å²) in [7, 11) is 0. The number of thioether (sulfide) groups is 1. The van der Waals surface area contributed by atoms with Crippen molar-refractivity contribution in [3.63, 3.8) is 0 Å². The molecule has 0 aromatic carbocycles. The molecule has 0 radical (unpaired) electrons. The van der Waals surface area contributed by atoms with E-state index in [-0.39, 0.29) is 18.1 Å². The average Bonchev–Trinajstić information content (AvgIpc) is 2.61. The van der Waals surface area contributed by atoms with E-state index >= 15 is 0 Å². The number of nitrogens with one attached hydrogen (secondary N) is 1. The van der Waals surface area contributed by atoms with Crippen LogP contribution in [0.2, 0.25) is 0 Å². The minimum Gasteiger partial charge on any atom is -0.461 e. The Kier molecular flexibility index (Phi) is 3.89. The quantitative estimate of drug-likeness (QED) is 0.658. The van der Waals surface area contributed by atoms with Crippen LogP contribution in [0.5, 0.6) is 0 Å². The maximum Gasteiger partial charge on any atom is 0.328 e. The molecule has 0 aliphatic carbocycles. The molecule has 1 fully saturated rings. The molecule has 0 amide bonds. The summed E-state index contributed by atoms with van der Waals surface area (Å²) in [6, 6.07) is 3.66. The Labute approximate surface area is 105 Å². The van der Waals surface area contributed by atoms with Crippen molar-refractivity contribution in [2.24, 2.45) is 0 Å². The van der Waals surface area contributed by atoms with E-state index in [2.05, 4.69) is 17.2 Å². The molecular weight excluding hydrogens is 236 g/mol. The molecule has 1 N–H and O–H groups in total. The first-order valence-corrected chi connectivity index (χ1v) is 6.73. The smallest absolute Gasteiger partial charge is 0.328 e. The number of aromatic nitrogens is 1. The van der Waals surface area contributed by atoms with Gasteiger partial charge in [-0.3, -0.25) is 0 Å². The van der Waals surface area contributed by atoms with E-state index in [1.165, 1.54) is 0 Å². The minimum absolute atomic E-state index is 0.00267. The first-order valence-electron chi connectivity index (χ1n) is 5.75. The number of carbonyl (C=O) groups excluding carboxylic acids is 1. The highest BCUT2D eigenvalue weighted by molar-refractivity contribution is 7.99. The zero-order chi connectivity index (χ0) is 12.3. The van der Waals surface area contributed by atoms with Crippen LogP contribution in [0.3, 0.4) is 0 Å². The Morgan fingerprint density at radius 3 is 2.94 bits per heavy atom. The van der Waals surface area contributed by atoms with Crippen LogP contribution in [0, 0.1) is 0 Å². The van der Waals surface area contributed by atoms with E-state index in [1.807, 2.05) is 19.1 Å². The van der Waals surface area contributed by atoms with E-state index in [0.717, 1.165) is 16.5 Å². The molecular formula is C12H16N2O2S. The number of anilines is 1. The average molecular weight is 252 g/mol. The van der Waals surface area contributed by atoms with Gasteiger partial charge in [-0.15, -0.1) is 11.8 Å². The second-order valence-electron chi connectivity index (χ2n) is 4.00. The summed E-state index contributed by atoms with van der Waals surface area (Å²) < 4.78 is 5.08. The van der Waals surface area contributed by atoms with Gasteiger partial charge in [0.1, 0.15) is 12.1 Å². The summed E-state index contributed by atoms with van der Waals surface area (Å²) in [6.45, 7) is 3.99. The molecule has 2 heterocycles. The number of rotatable bonds is 4. The monoisotopic (exact) mass is 252 g/mol. The molecule has 1 aromatic heterocycles. The standard InChI is InChI=1S/C12H16N2O2S/c1-3-17-11-5-4-9(7-13-11)14-10-6-8(2)16-12(10)15/h4-5,7-8,10,14H,3,6H2,1-2H3/t8-,10-/m1/s1. The Morgan fingerprint density at radius 2 is 2.41 bits per heavy atom. The van der Waals surface area contributed by atoms with Gasteiger partial charge in [0.15, 0.2) is 0 Å². The van der Waals surface area contributed by atoms with Crippen molar-refractivity contribution in [2.45, 2.75) is 37.4 Å². The van der Waals surface area contributed by atoms with E-state index in [9.17, 15) is 4.79 Å². The highest BCUT2D eigenvalue weighted by atomic mass is 32.2. The first kappa shape index (κ1) is 12.2. The lowest BCUT2D eigenvalue weighted by Gasteiger charge is -2.10. The van der Waals surface area contributed by atoms with Crippen LogP contribution < -0.4 is 5.32 Å². The third-order valence-electron chi connectivity index (χ3n) is 2.54. The molecule has 0 saturated carbocycles. The number of hydrogen-bond donors (Lipinski definition) is 1. The maximum atomic E-state index is 11.4. The summed E-state index contributed by atoms with van der Waals surface area (Å²) in [6.07, 6.45) is 2.47. The molecule has 2 rings (SSSR count). The van der Waals surface area contributed by atoms with Gasteiger partial charge in [-0.05, 0) is 24.8 Å². The zero-order valence-electron chi connectivity index (χ0n) is 9.97. The normalized spacial score (nSPS) is 23.5. The number of esters is 1. The van der Waals surface area contributed by atoms with Crippen LogP contribution >= 0.6 is 11.8 Å². The van der Waals surface area contributed by atoms with Crippen LogP contribution in [0.4, 0.5) is 5.69 Å². The zero-order valence-corrected chi connectivity index (χ0v) is 10.8. The number of nitrogens with zero attached hydrogens (tertiary/aromatic N) is 1. The fraction of sp³-hybridized carbons (Fsp3) is 0.500. The predicted octanol–water partition coefficient (Wildman–Crippen LogP) is 2.31. The van der Waals surface area contributed by atoms with Crippen molar-refractivity contribution in [2.75, 3.05) is 11.1 Å². The minimum atomic E-state index is -0.239. The van der Waals surface area contributed by atoms with Gasteiger partial charge in [0.2, 0.25) is 0 Å². The Bertz CT molecular complexity index is 394. The van der Waals surface area contributed by atoms with Gasteiger partial charge in [-0.2, -0.15) is 0 Å². The highest BCUT2D eigenvalue weighted by Crippen LogP contribution is 2.21. The lowest BCUT2D eigenvalue weighted by Crippen LogP contribution is -2.24. The second-order valence-corrected chi connectivity index (χ2v) is 5.28. The van der Waals surface area contributed by atoms with E-state index in [4.69, 9.17) is 4.74 Å². The van der Waals surface area contributed by atoms with Crippen LogP contribution in [-0.2, 0) is 9.53 Å². The van der Waals surface area contributed by atoms with Crippen molar-refractivity contribution in [3.05, 3.63) is 18.3 Å². The number of hydrogen-bond acceptors (Lipinski definition) is 5. The number of carbonyl (C=O) groups is 1. The molecule has 0 unspecified atom stereocenters. The number of cyclic esters (lactones) is 1. The van der Waals surface area contributed by atoms with Crippen molar-refractivity contribution in [3.8, 4) is 0 Å². The Morgan fingerprint density at radius 1 is 1.59 bits per heavy atom. The SMILES string of the molecule is CCSc1ccc(N[C@@H]2C[C@@H](C)OC2=O)cn1. The third kappa shape index (κ3) is 3.12. The van der Waals surface area contributed by atoms with E-state index in [1.54, 1.807) is 18.0 Å². The van der Waals surface area contributed by atoms with Crippen molar-refractivity contribution in [1.29, 1.82) is 0 Å². The summed E-state index contributed by atoms with van der Waals surface area (Å²) in [4.78, 5) is 15.8. The van der Waals surface area contributed by atoms with Gasteiger partial charge in [0.25, 0.3) is 0 Å². The molecule has 0 bridgehead atoms. The van der Waals surface area contributed by atoms with Gasteiger partial charge in [0, 0.05) is 6.42 Å². The molecule has 0 spiro atoms.